The minimum Gasteiger partial charge on any atom is -0.279 e. The van der Waals surface area contributed by atoms with Gasteiger partial charge in [-0.3, -0.25) is 5.41 Å². The van der Waals surface area contributed by atoms with Crippen LogP contribution in [0.1, 0.15) is 0 Å². The summed E-state index contributed by atoms with van der Waals surface area (Å²) in [5.74, 6) is 0. The molecule has 0 radical (unpaired) electrons. The normalized spacial score (nSPS) is 12.1. The lowest BCUT2D eigenvalue weighted by Gasteiger charge is -2.08. The molecular formula is C13H9Br2NO4S2. The lowest BCUT2D eigenvalue weighted by atomic mass is 10.4. The molecule has 0 atom stereocenters. The molecule has 0 aromatic heterocycles. The van der Waals surface area contributed by atoms with Crippen LogP contribution in [0.3, 0.4) is 0 Å². The molecule has 0 aliphatic rings. The predicted octanol–water partition coefficient (Wildman–Crippen LogP) is 3.39. The summed E-state index contributed by atoms with van der Waals surface area (Å²) < 4.78 is 49.2. The van der Waals surface area contributed by atoms with Crippen molar-refractivity contribution in [2.75, 3.05) is 0 Å². The summed E-state index contributed by atoms with van der Waals surface area (Å²) in [6.07, 6.45) is 0. The second kappa shape index (κ2) is 6.23. The van der Waals surface area contributed by atoms with Crippen LogP contribution in [0.4, 0.5) is 0 Å². The first-order valence-electron chi connectivity index (χ1n) is 5.75. The Morgan fingerprint density at radius 2 is 0.955 bits per heavy atom. The van der Waals surface area contributed by atoms with Crippen molar-refractivity contribution in [1.82, 2.24) is 0 Å². The molecule has 9 heteroatoms. The smallest absolute Gasteiger partial charge is 0.249 e. The standard InChI is InChI=1S/C13H9Br2NO4S2/c14-9-1-5-11(6-2-9)21(17,18)13(16)22(19,20)12-7-3-10(15)4-8-12/h1-8,16H. The molecule has 0 heterocycles. The Balaban J connectivity index is 2.50. The van der Waals surface area contributed by atoms with Gasteiger partial charge in [-0.05, 0) is 48.5 Å². The number of benzene rings is 2. The molecule has 2 aromatic carbocycles. The van der Waals surface area contributed by atoms with Gasteiger partial charge in [-0.1, -0.05) is 31.9 Å². The van der Waals surface area contributed by atoms with E-state index in [1.807, 2.05) is 0 Å². The van der Waals surface area contributed by atoms with Crippen LogP contribution in [-0.2, 0) is 19.7 Å². The number of hydrogen-bond donors (Lipinski definition) is 1. The topological polar surface area (TPSA) is 92.1 Å². The molecule has 0 bridgehead atoms. The summed E-state index contributed by atoms with van der Waals surface area (Å²) in [5.41, 5.74) is 0. The lowest BCUT2D eigenvalue weighted by molar-refractivity contribution is 0.602. The van der Waals surface area contributed by atoms with Gasteiger partial charge in [0.25, 0.3) is 0 Å². The molecule has 0 unspecified atom stereocenters. The van der Waals surface area contributed by atoms with Crippen molar-refractivity contribution < 1.29 is 16.8 Å². The zero-order valence-corrected chi connectivity index (χ0v) is 15.6. The van der Waals surface area contributed by atoms with Gasteiger partial charge >= 0.3 is 0 Å². The third-order valence-electron chi connectivity index (χ3n) is 2.74. The molecule has 2 aromatic rings. The van der Waals surface area contributed by atoms with Gasteiger partial charge in [0.2, 0.25) is 24.1 Å². The molecule has 22 heavy (non-hydrogen) atoms. The Hall–Kier alpha value is -1.03. The summed E-state index contributed by atoms with van der Waals surface area (Å²) >= 11 is 6.32. The number of nitrogens with one attached hydrogen (secondary N) is 1. The zero-order valence-electron chi connectivity index (χ0n) is 10.8. The van der Waals surface area contributed by atoms with Crippen LogP contribution in [0.15, 0.2) is 67.3 Å². The average molecular weight is 467 g/mol. The fourth-order valence-electron chi connectivity index (χ4n) is 1.59. The van der Waals surface area contributed by atoms with Gasteiger partial charge in [0.05, 0.1) is 9.79 Å². The Bertz CT molecular complexity index is 842. The molecule has 0 saturated heterocycles. The summed E-state index contributed by atoms with van der Waals surface area (Å²) in [6.45, 7) is 0. The minimum absolute atomic E-state index is 0.249. The second-order valence-electron chi connectivity index (χ2n) is 4.20. The van der Waals surface area contributed by atoms with E-state index in [4.69, 9.17) is 5.41 Å². The first kappa shape index (κ1) is 17.3. The maximum atomic E-state index is 12.3. The Labute approximate surface area is 145 Å². The van der Waals surface area contributed by atoms with E-state index in [9.17, 15) is 16.8 Å². The van der Waals surface area contributed by atoms with Gasteiger partial charge in [-0.2, -0.15) is 0 Å². The zero-order chi connectivity index (χ0) is 16.5. The molecular weight excluding hydrogens is 458 g/mol. The molecule has 0 spiro atoms. The molecule has 5 nitrogen and oxygen atoms in total. The molecule has 2 rings (SSSR count). The molecule has 116 valence electrons. The van der Waals surface area contributed by atoms with Gasteiger partial charge in [-0.15, -0.1) is 0 Å². The van der Waals surface area contributed by atoms with Crippen molar-refractivity contribution in [3.8, 4) is 0 Å². The predicted molar refractivity (Wildman–Crippen MR) is 90.4 cm³/mol. The van der Waals surface area contributed by atoms with Crippen molar-refractivity contribution in [2.24, 2.45) is 0 Å². The quantitative estimate of drug-likeness (QED) is 0.542. The fourth-order valence-corrected chi connectivity index (χ4v) is 5.26. The van der Waals surface area contributed by atoms with Crippen LogP contribution in [0.25, 0.3) is 0 Å². The fraction of sp³-hybridized carbons (Fsp3) is 0. The molecule has 1 N–H and O–H groups in total. The van der Waals surface area contributed by atoms with E-state index >= 15 is 0 Å². The van der Waals surface area contributed by atoms with Crippen molar-refractivity contribution in [3.05, 3.63) is 57.5 Å². The summed E-state index contributed by atoms with van der Waals surface area (Å²) in [7, 11) is -8.82. The van der Waals surface area contributed by atoms with Gasteiger partial charge in [-0.25, -0.2) is 16.8 Å². The van der Waals surface area contributed by atoms with E-state index in [0.717, 1.165) is 0 Å². The first-order chi connectivity index (χ1) is 10.2. The van der Waals surface area contributed by atoms with Crippen LogP contribution < -0.4 is 0 Å². The SMILES string of the molecule is N=C(S(=O)(=O)c1ccc(Br)cc1)S(=O)(=O)c1ccc(Br)cc1. The van der Waals surface area contributed by atoms with Crippen LogP contribution in [0.2, 0.25) is 0 Å². The van der Waals surface area contributed by atoms with Crippen molar-refractivity contribution in [3.63, 3.8) is 0 Å². The van der Waals surface area contributed by atoms with Crippen molar-refractivity contribution in [1.29, 1.82) is 5.41 Å². The number of halogens is 2. The van der Waals surface area contributed by atoms with Crippen LogP contribution >= 0.6 is 31.9 Å². The van der Waals surface area contributed by atoms with Gasteiger partial charge in [0.15, 0.2) is 0 Å². The van der Waals surface area contributed by atoms with E-state index in [1.165, 1.54) is 48.5 Å². The largest absolute Gasteiger partial charge is 0.279 e. The highest BCUT2D eigenvalue weighted by molar-refractivity contribution is 9.10. The molecule has 0 amide bonds. The highest BCUT2D eigenvalue weighted by atomic mass is 79.9. The molecule has 0 fully saturated rings. The van der Waals surface area contributed by atoms with Crippen LogP contribution in [0, 0.1) is 5.41 Å². The maximum Gasteiger partial charge on any atom is 0.249 e. The molecule has 0 aliphatic carbocycles. The van der Waals surface area contributed by atoms with E-state index in [1.54, 1.807) is 0 Å². The van der Waals surface area contributed by atoms with Gasteiger partial charge < -0.3 is 0 Å². The monoisotopic (exact) mass is 465 g/mol. The van der Waals surface area contributed by atoms with Crippen LogP contribution in [-0.4, -0.2) is 21.2 Å². The van der Waals surface area contributed by atoms with Crippen molar-refractivity contribution in [2.45, 2.75) is 9.79 Å². The van der Waals surface area contributed by atoms with Gasteiger partial charge in [0, 0.05) is 8.95 Å². The second-order valence-corrected chi connectivity index (χ2v) is 10.1. The van der Waals surface area contributed by atoms with Crippen LogP contribution in [0.5, 0.6) is 0 Å². The number of hydrogen-bond acceptors (Lipinski definition) is 5. The highest BCUT2D eigenvalue weighted by Gasteiger charge is 2.33. The Morgan fingerprint density at radius 1 is 0.682 bits per heavy atom. The number of rotatable bonds is 2. The first-order valence-corrected chi connectivity index (χ1v) is 10.3. The highest BCUT2D eigenvalue weighted by Crippen LogP contribution is 2.23. The Kier molecular flexibility index (Phi) is 4.90. The van der Waals surface area contributed by atoms with E-state index in [0.29, 0.717) is 8.95 Å². The third kappa shape index (κ3) is 3.32. The summed E-state index contributed by atoms with van der Waals surface area (Å²) in [5, 5.41) is 7.68. The van der Waals surface area contributed by atoms with E-state index < -0.39 is 24.1 Å². The molecule has 0 saturated carbocycles. The summed E-state index contributed by atoms with van der Waals surface area (Å²) in [6, 6.07) is 10.8. The summed E-state index contributed by atoms with van der Waals surface area (Å²) in [4.78, 5) is -0.497. The molecule has 0 aliphatic heterocycles. The van der Waals surface area contributed by atoms with Crippen molar-refractivity contribution >= 4 is 55.9 Å². The maximum absolute atomic E-state index is 12.3. The minimum atomic E-state index is -4.41. The number of sulfone groups is 2. The lowest BCUT2D eigenvalue weighted by Crippen LogP contribution is -2.24. The third-order valence-corrected chi connectivity index (χ3v) is 7.87. The Morgan fingerprint density at radius 3 is 1.23 bits per heavy atom. The van der Waals surface area contributed by atoms with E-state index in [-0.39, 0.29) is 9.79 Å². The van der Waals surface area contributed by atoms with Gasteiger partial charge in [0.1, 0.15) is 0 Å². The van der Waals surface area contributed by atoms with E-state index in [2.05, 4.69) is 31.9 Å². The average Bonchev–Trinajstić information content (AvgIpc) is 2.47.